The predicted molar refractivity (Wildman–Crippen MR) is 144 cm³/mol. The molecule has 6 heteroatoms. The molecule has 0 saturated heterocycles. The number of ether oxygens (including phenoxy) is 2. The fraction of sp³-hybridized carbons (Fsp3) is 0.379. The van der Waals surface area contributed by atoms with Crippen molar-refractivity contribution in [2.24, 2.45) is 0 Å². The van der Waals surface area contributed by atoms with Crippen molar-refractivity contribution in [2.75, 3.05) is 32.2 Å². The van der Waals surface area contributed by atoms with Crippen LogP contribution in [0.25, 0.3) is 22.9 Å². The lowest BCUT2D eigenvalue weighted by atomic mass is 10.0. The van der Waals surface area contributed by atoms with Gasteiger partial charge in [-0.2, -0.15) is 5.10 Å². The zero-order valence-electron chi connectivity index (χ0n) is 22.0. The number of methoxy groups -OCH3 is 2. The lowest BCUT2D eigenvalue weighted by molar-refractivity contribution is 0.404. The Morgan fingerprint density at radius 1 is 0.971 bits per heavy atom. The van der Waals surface area contributed by atoms with Crippen molar-refractivity contribution in [1.82, 2.24) is 14.6 Å². The lowest BCUT2D eigenvalue weighted by Gasteiger charge is -2.23. The molecule has 2 heterocycles. The minimum Gasteiger partial charge on any atom is -0.497 e. The summed E-state index contributed by atoms with van der Waals surface area (Å²) in [5.41, 5.74) is 8.24. The van der Waals surface area contributed by atoms with Crippen molar-refractivity contribution in [2.45, 2.75) is 47.5 Å². The second kappa shape index (κ2) is 10.4. The van der Waals surface area contributed by atoms with E-state index in [0.717, 1.165) is 58.1 Å². The largest absolute Gasteiger partial charge is 0.497 e. The number of hydrogen-bond donors (Lipinski definition) is 0. The van der Waals surface area contributed by atoms with Crippen LogP contribution in [0.4, 0.5) is 5.69 Å². The number of anilines is 1. The van der Waals surface area contributed by atoms with Crippen LogP contribution in [-0.4, -0.2) is 41.9 Å². The van der Waals surface area contributed by atoms with E-state index in [1.165, 1.54) is 29.7 Å². The molecule has 0 radical (unpaired) electrons. The van der Waals surface area contributed by atoms with Crippen LogP contribution in [0.3, 0.4) is 0 Å². The molecule has 0 atom stereocenters. The fourth-order valence-electron chi connectivity index (χ4n) is 4.63. The van der Waals surface area contributed by atoms with E-state index < -0.39 is 0 Å². The van der Waals surface area contributed by atoms with Crippen molar-refractivity contribution in [3.05, 3.63) is 64.3 Å². The summed E-state index contributed by atoms with van der Waals surface area (Å²) in [5.74, 6) is 1.54. The van der Waals surface area contributed by atoms with Gasteiger partial charge in [0.25, 0.3) is 0 Å². The monoisotopic (exact) mass is 472 g/mol. The Labute approximate surface area is 208 Å². The molecule has 0 aliphatic carbocycles. The first-order chi connectivity index (χ1) is 16.9. The average Bonchev–Trinajstić information content (AvgIpc) is 3.33. The Balaban J connectivity index is 1.81. The number of unbranched alkanes of at least 4 members (excludes halogenated alkanes) is 1. The van der Waals surface area contributed by atoms with E-state index >= 15 is 0 Å². The molecular formula is C29H36N4O2. The van der Waals surface area contributed by atoms with E-state index in [9.17, 15) is 0 Å². The molecule has 0 spiro atoms. The van der Waals surface area contributed by atoms with E-state index in [1.807, 2.05) is 36.6 Å². The predicted octanol–water partition coefficient (Wildman–Crippen LogP) is 5.51. The molecule has 2 aromatic heterocycles. The molecule has 184 valence electrons. The fourth-order valence-corrected chi connectivity index (χ4v) is 4.63. The van der Waals surface area contributed by atoms with Gasteiger partial charge < -0.3 is 14.4 Å². The highest BCUT2D eigenvalue weighted by molar-refractivity contribution is 5.85. The highest BCUT2D eigenvalue weighted by Crippen LogP contribution is 2.37. The summed E-state index contributed by atoms with van der Waals surface area (Å²) < 4.78 is 13.1. The highest BCUT2D eigenvalue weighted by Gasteiger charge is 2.20. The van der Waals surface area contributed by atoms with Crippen LogP contribution in [0.5, 0.6) is 11.5 Å². The summed E-state index contributed by atoms with van der Waals surface area (Å²) in [4.78, 5) is 7.37. The number of hydrogen-bond acceptors (Lipinski definition) is 5. The van der Waals surface area contributed by atoms with Gasteiger partial charge in [-0.1, -0.05) is 19.4 Å². The Bertz CT molecular complexity index is 1390. The van der Waals surface area contributed by atoms with Crippen LogP contribution in [0, 0.1) is 20.8 Å². The standard InChI is InChI=1S/C29H36N4O2/c1-8-10-15-32(9-2)23-12-11-22(19(3)16-23)17-26-20(4)30-29-28(21(5)31-33(26)29)25-18-24(34-6)13-14-27(25)35-7/h11-14,16-18H,8-10,15H2,1-7H3/b26-17-. The summed E-state index contributed by atoms with van der Waals surface area (Å²) in [6.07, 6.45) is 4.60. The highest BCUT2D eigenvalue weighted by atomic mass is 16.5. The van der Waals surface area contributed by atoms with Crippen molar-refractivity contribution in [1.29, 1.82) is 0 Å². The van der Waals surface area contributed by atoms with Crippen LogP contribution in [0.1, 0.15) is 49.2 Å². The van der Waals surface area contributed by atoms with Crippen molar-refractivity contribution < 1.29 is 9.47 Å². The number of benzene rings is 2. The summed E-state index contributed by atoms with van der Waals surface area (Å²) in [7, 11) is 3.35. The van der Waals surface area contributed by atoms with Gasteiger partial charge in [-0.3, -0.25) is 0 Å². The number of imidazole rings is 1. The minimum absolute atomic E-state index is 0.768. The first kappa shape index (κ1) is 24.6. The van der Waals surface area contributed by atoms with Gasteiger partial charge in [0.15, 0.2) is 5.65 Å². The van der Waals surface area contributed by atoms with Crippen molar-refractivity contribution in [3.63, 3.8) is 0 Å². The van der Waals surface area contributed by atoms with Gasteiger partial charge in [-0.15, -0.1) is 0 Å². The second-order valence-corrected chi connectivity index (χ2v) is 8.96. The van der Waals surface area contributed by atoms with Gasteiger partial charge in [0.1, 0.15) is 11.5 Å². The SMILES string of the molecule is CCCCN(CC)c1ccc(/C=c2/c(C)nc3c(-c4cc(OC)ccc4OC)c(C)nn23)c(C)c1. The quantitative estimate of drug-likeness (QED) is 0.321. The summed E-state index contributed by atoms with van der Waals surface area (Å²) >= 11 is 0. The zero-order valence-corrected chi connectivity index (χ0v) is 22.0. The second-order valence-electron chi connectivity index (χ2n) is 8.96. The number of rotatable bonds is 9. The molecule has 0 aliphatic heterocycles. The van der Waals surface area contributed by atoms with Gasteiger partial charge in [-0.05, 0) is 81.7 Å². The lowest BCUT2D eigenvalue weighted by Crippen LogP contribution is -2.23. The Hall–Kier alpha value is -3.54. The summed E-state index contributed by atoms with van der Waals surface area (Å²) in [6.45, 7) is 12.8. The molecule has 0 N–H and O–H groups in total. The van der Waals surface area contributed by atoms with Crippen LogP contribution in [0.15, 0.2) is 36.4 Å². The molecule has 0 amide bonds. The molecule has 0 bridgehead atoms. The molecule has 0 fully saturated rings. The van der Waals surface area contributed by atoms with Crippen LogP contribution in [-0.2, 0) is 0 Å². The van der Waals surface area contributed by atoms with Crippen LogP contribution >= 0.6 is 0 Å². The molecule has 0 unspecified atom stereocenters. The zero-order chi connectivity index (χ0) is 25.1. The Morgan fingerprint density at radius 2 is 1.77 bits per heavy atom. The van der Waals surface area contributed by atoms with E-state index in [-0.39, 0.29) is 0 Å². The third-order valence-electron chi connectivity index (χ3n) is 6.66. The van der Waals surface area contributed by atoms with Gasteiger partial charge >= 0.3 is 0 Å². The minimum atomic E-state index is 0.768. The molecule has 35 heavy (non-hydrogen) atoms. The maximum Gasteiger partial charge on any atom is 0.164 e. The molecular weight excluding hydrogens is 436 g/mol. The molecule has 4 aromatic rings. The molecule has 0 saturated carbocycles. The normalized spacial score (nSPS) is 11.9. The number of fused-ring (bicyclic) bond motifs is 1. The third-order valence-corrected chi connectivity index (χ3v) is 6.66. The Kier molecular flexibility index (Phi) is 7.29. The number of nitrogens with zero attached hydrogens (tertiary/aromatic N) is 4. The number of aromatic nitrogens is 3. The van der Waals surface area contributed by atoms with Gasteiger partial charge in [0.05, 0.1) is 36.5 Å². The third kappa shape index (κ3) is 4.70. The first-order valence-electron chi connectivity index (χ1n) is 12.4. The topological polar surface area (TPSA) is 51.9 Å². The molecule has 2 aromatic carbocycles. The summed E-state index contributed by atoms with van der Waals surface area (Å²) in [5, 5.41) is 5.87. The van der Waals surface area contributed by atoms with Crippen LogP contribution < -0.4 is 19.7 Å². The van der Waals surface area contributed by atoms with Crippen LogP contribution in [0.2, 0.25) is 0 Å². The van der Waals surface area contributed by atoms with Gasteiger partial charge in [-0.25, -0.2) is 9.50 Å². The van der Waals surface area contributed by atoms with Crippen molar-refractivity contribution >= 4 is 17.4 Å². The maximum absolute atomic E-state index is 5.65. The van der Waals surface area contributed by atoms with E-state index in [0.29, 0.717) is 0 Å². The molecule has 4 rings (SSSR count). The Morgan fingerprint density at radius 3 is 2.43 bits per heavy atom. The first-order valence-corrected chi connectivity index (χ1v) is 12.4. The van der Waals surface area contributed by atoms with Crippen molar-refractivity contribution in [3.8, 4) is 22.6 Å². The van der Waals surface area contributed by atoms with E-state index in [4.69, 9.17) is 19.6 Å². The average molecular weight is 473 g/mol. The van der Waals surface area contributed by atoms with Gasteiger partial charge in [0, 0.05) is 24.3 Å². The smallest absolute Gasteiger partial charge is 0.164 e. The number of aryl methyl sites for hydroxylation is 3. The summed E-state index contributed by atoms with van der Waals surface area (Å²) in [6, 6.07) is 12.5. The van der Waals surface area contributed by atoms with Gasteiger partial charge in [0.2, 0.25) is 0 Å². The molecule has 6 nitrogen and oxygen atoms in total. The maximum atomic E-state index is 5.65. The van der Waals surface area contributed by atoms with E-state index in [2.05, 4.69) is 49.9 Å². The molecule has 0 aliphatic rings. The van der Waals surface area contributed by atoms with E-state index in [1.54, 1.807) is 14.2 Å².